The molecule has 2 bridgehead atoms. The summed E-state index contributed by atoms with van der Waals surface area (Å²) in [5.74, 6) is 4.99. The third kappa shape index (κ3) is 2.42. The van der Waals surface area contributed by atoms with Crippen LogP contribution in [0.15, 0.2) is 18.2 Å². The zero-order valence-corrected chi connectivity index (χ0v) is 14.0. The molecule has 21 heavy (non-hydrogen) atoms. The molecular weight excluding hydrogens is 301 g/mol. The second kappa shape index (κ2) is 5.44. The summed E-state index contributed by atoms with van der Waals surface area (Å²) in [5, 5.41) is 5.29. The van der Waals surface area contributed by atoms with Crippen molar-refractivity contribution in [2.24, 2.45) is 29.6 Å². The Morgan fingerprint density at radius 2 is 1.90 bits per heavy atom. The van der Waals surface area contributed by atoms with E-state index in [1.807, 2.05) is 12.1 Å². The fourth-order valence-corrected chi connectivity index (χ4v) is 5.95. The third-order valence-corrected chi connectivity index (χ3v) is 6.77. The fourth-order valence-electron chi connectivity index (χ4n) is 5.46. The Hall–Kier alpha value is -0.240. The van der Waals surface area contributed by atoms with E-state index in [9.17, 15) is 0 Å². The Labute approximate surface area is 137 Å². The second-order valence-corrected chi connectivity index (χ2v) is 8.01. The molecule has 3 heteroatoms. The van der Waals surface area contributed by atoms with Gasteiger partial charge in [0.15, 0.2) is 0 Å². The molecular formula is C18H23Cl2N. The van der Waals surface area contributed by atoms with Crippen molar-refractivity contribution in [2.45, 2.75) is 38.6 Å². The molecule has 1 N–H and O–H groups in total. The van der Waals surface area contributed by atoms with Gasteiger partial charge in [-0.2, -0.15) is 0 Å². The molecule has 0 saturated heterocycles. The highest BCUT2D eigenvalue weighted by Crippen LogP contribution is 2.70. The van der Waals surface area contributed by atoms with E-state index in [0.29, 0.717) is 6.04 Å². The van der Waals surface area contributed by atoms with Gasteiger partial charge in [0.2, 0.25) is 0 Å². The Balaban J connectivity index is 1.51. The molecule has 3 saturated carbocycles. The van der Waals surface area contributed by atoms with E-state index in [1.165, 1.54) is 24.8 Å². The van der Waals surface area contributed by atoms with E-state index in [2.05, 4.69) is 18.3 Å². The predicted octanol–water partition coefficient (Wildman–Crippen LogP) is 4.81. The molecule has 4 rings (SSSR count). The van der Waals surface area contributed by atoms with E-state index in [1.54, 1.807) is 0 Å². The first-order chi connectivity index (χ1) is 10.2. The Bertz CT molecular complexity index is 528. The molecule has 0 aromatic heterocycles. The highest BCUT2D eigenvalue weighted by Gasteiger charge is 2.66. The van der Waals surface area contributed by atoms with Crippen LogP contribution in [0.1, 0.15) is 31.7 Å². The summed E-state index contributed by atoms with van der Waals surface area (Å²) in [6.45, 7) is 3.25. The molecule has 0 radical (unpaired) electrons. The number of benzene rings is 1. The molecule has 1 aromatic carbocycles. The van der Waals surface area contributed by atoms with Crippen LogP contribution in [0.25, 0.3) is 0 Å². The first kappa shape index (κ1) is 14.4. The van der Waals surface area contributed by atoms with Gasteiger partial charge in [-0.05, 0) is 79.5 Å². The molecule has 3 aliphatic carbocycles. The van der Waals surface area contributed by atoms with E-state index >= 15 is 0 Å². The zero-order chi connectivity index (χ0) is 14.6. The van der Waals surface area contributed by atoms with Crippen LogP contribution in [0, 0.1) is 29.6 Å². The summed E-state index contributed by atoms with van der Waals surface area (Å²) in [5.41, 5.74) is 1.24. The van der Waals surface area contributed by atoms with E-state index in [-0.39, 0.29) is 0 Å². The van der Waals surface area contributed by atoms with Crippen molar-refractivity contribution in [1.29, 1.82) is 0 Å². The van der Waals surface area contributed by atoms with Crippen molar-refractivity contribution in [3.63, 3.8) is 0 Å². The van der Waals surface area contributed by atoms with Gasteiger partial charge in [0.05, 0.1) is 0 Å². The van der Waals surface area contributed by atoms with E-state index in [0.717, 1.165) is 52.6 Å². The third-order valence-electron chi connectivity index (χ3n) is 6.18. The van der Waals surface area contributed by atoms with E-state index in [4.69, 9.17) is 23.2 Å². The minimum absolute atomic E-state index is 0.590. The maximum atomic E-state index is 6.38. The van der Waals surface area contributed by atoms with Crippen LogP contribution in [0.3, 0.4) is 0 Å². The minimum atomic E-state index is 0.590. The van der Waals surface area contributed by atoms with Gasteiger partial charge in [0.1, 0.15) is 0 Å². The average Bonchev–Trinajstić information content (AvgIpc) is 2.88. The SMILES string of the molecule is CCNC(Cc1ccc(Cl)cc1Cl)C1C2C3CCC(C3)C21. The van der Waals surface area contributed by atoms with Gasteiger partial charge in [-0.1, -0.05) is 36.2 Å². The average molecular weight is 324 g/mol. The van der Waals surface area contributed by atoms with Crippen LogP contribution < -0.4 is 5.32 Å². The number of hydrogen-bond acceptors (Lipinski definition) is 1. The normalized spacial score (nSPS) is 37.6. The standard InChI is InChI=1S/C18H23Cl2N/c1-2-21-15(8-10-5-6-13(19)9-14(10)20)18-16-11-3-4-12(7-11)17(16)18/h5-6,9,11-12,15-18,21H,2-4,7-8H2,1H3. The minimum Gasteiger partial charge on any atom is -0.314 e. The molecule has 3 aliphatic rings. The fraction of sp³-hybridized carbons (Fsp3) is 0.667. The zero-order valence-electron chi connectivity index (χ0n) is 12.5. The van der Waals surface area contributed by atoms with Crippen LogP contribution >= 0.6 is 23.2 Å². The van der Waals surface area contributed by atoms with Gasteiger partial charge < -0.3 is 5.32 Å². The number of likely N-dealkylation sites (N-methyl/N-ethyl adjacent to an activating group) is 1. The summed E-state index contributed by atoms with van der Waals surface area (Å²) >= 11 is 12.4. The smallest absolute Gasteiger partial charge is 0.0453 e. The van der Waals surface area contributed by atoms with Crippen molar-refractivity contribution in [2.75, 3.05) is 6.54 Å². The van der Waals surface area contributed by atoms with Crippen LogP contribution in [0.4, 0.5) is 0 Å². The molecule has 0 amide bonds. The van der Waals surface area contributed by atoms with Crippen molar-refractivity contribution >= 4 is 23.2 Å². The van der Waals surface area contributed by atoms with Crippen LogP contribution in [-0.2, 0) is 6.42 Å². The summed E-state index contributed by atoms with van der Waals surface area (Å²) in [6, 6.07) is 6.52. The van der Waals surface area contributed by atoms with Gasteiger partial charge in [-0.25, -0.2) is 0 Å². The molecule has 5 unspecified atom stereocenters. The monoisotopic (exact) mass is 323 g/mol. The summed E-state index contributed by atoms with van der Waals surface area (Å²) in [7, 11) is 0. The lowest BCUT2D eigenvalue weighted by atomic mass is 9.93. The van der Waals surface area contributed by atoms with Crippen molar-refractivity contribution in [3.05, 3.63) is 33.8 Å². The summed E-state index contributed by atoms with van der Waals surface area (Å²) in [4.78, 5) is 0. The molecule has 114 valence electrons. The quantitative estimate of drug-likeness (QED) is 0.820. The molecule has 5 atom stereocenters. The van der Waals surface area contributed by atoms with Crippen LogP contribution in [0.5, 0.6) is 0 Å². The number of fused-ring (bicyclic) bond motifs is 5. The summed E-state index contributed by atoms with van der Waals surface area (Å²) in [6.07, 6.45) is 5.54. The number of halogens is 2. The first-order valence-electron chi connectivity index (χ1n) is 8.36. The van der Waals surface area contributed by atoms with Crippen LogP contribution in [0.2, 0.25) is 10.0 Å². The molecule has 0 aliphatic heterocycles. The molecule has 0 spiro atoms. The van der Waals surface area contributed by atoms with Gasteiger partial charge in [0, 0.05) is 16.1 Å². The molecule has 3 fully saturated rings. The van der Waals surface area contributed by atoms with Crippen molar-refractivity contribution in [3.8, 4) is 0 Å². The lowest BCUT2D eigenvalue weighted by molar-refractivity contribution is 0.366. The second-order valence-electron chi connectivity index (χ2n) is 7.17. The number of hydrogen-bond donors (Lipinski definition) is 1. The van der Waals surface area contributed by atoms with Crippen LogP contribution in [-0.4, -0.2) is 12.6 Å². The van der Waals surface area contributed by atoms with Gasteiger partial charge >= 0.3 is 0 Å². The van der Waals surface area contributed by atoms with Gasteiger partial charge in [-0.15, -0.1) is 0 Å². The van der Waals surface area contributed by atoms with Gasteiger partial charge in [-0.3, -0.25) is 0 Å². The van der Waals surface area contributed by atoms with Gasteiger partial charge in [0.25, 0.3) is 0 Å². The number of rotatable bonds is 5. The Morgan fingerprint density at radius 1 is 1.19 bits per heavy atom. The Kier molecular flexibility index (Phi) is 3.72. The maximum absolute atomic E-state index is 6.38. The largest absolute Gasteiger partial charge is 0.314 e. The molecule has 1 nitrogen and oxygen atoms in total. The lowest BCUT2D eigenvalue weighted by Crippen LogP contribution is -2.35. The van der Waals surface area contributed by atoms with Crippen molar-refractivity contribution < 1.29 is 0 Å². The predicted molar refractivity (Wildman–Crippen MR) is 88.9 cm³/mol. The van der Waals surface area contributed by atoms with E-state index < -0.39 is 0 Å². The topological polar surface area (TPSA) is 12.0 Å². The summed E-state index contributed by atoms with van der Waals surface area (Å²) < 4.78 is 0. The van der Waals surface area contributed by atoms with Crippen molar-refractivity contribution in [1.82, 2.24) is 5.32 Å². The molecule has 0 heterocycles. The highest BCUT2D eigenvalue weighted by molar-refractivity contribution is 6.35. The maximum Gasteiger partial charge on any atom is 0.0453 e. The lowest BCUT2D eigenvalue weighted by Gasteiger charge is -2.22. The Morgan fingerprint density at radius 3 is 2.52 bits per heavy atom. The molecule has 1 aromatic rings. The highest BCUT2D eigenvalue weighted by atomic mass is 35.5. The number of nitrogens with one attached hydrogen (secondary N) is 1. The first-order valence-corrected chi connectivity index (χ1v) is 9.12.